The summed E-state index contributed by atoms with van der Waals surface area (Å²) >= 11 is 0. The van der Waals surface area contributed by atoms with E-state index in [-0.39, 0.29) is 29.1 Å². The number of carbonyl (C=O) groups excluding carboxylic acids is 1. The Morgan fingerprint density at radius 2 is 1.90 bits per heavy atom. The van der Waals surface area contributed by atoms with Gasteiger partial charge in [0.05, 0.1) is 6.42 Å². The number of allylic oxidation sites excluding steroid dienone is 1. The first-order valence-corrected chi connectivity index (χ1v) is 6.78. The van der Waals surface area contributed by atoms with Gasteiger partial charge in [0.2, 0.25) is 0 Å². The Morgan fingerprint density at radius 3 is 2.35 bits per heavy atom. The van der Waals surface area contributed by atoms with Gasteiger partial charge in [-0.05, 0) is 31.1 Å². The molecule has 2 rings (SSSR count). The van der Waals surface area contributed by atoms with Gasteiger partial charge < -0.3 is 10.2 Å². The smallest absolute Gasteiger partial charge is 0.331 e. The number of aliphatic carboxylic acids is 2. The van der Waals surface area contributed by atoms with Crippen molar-refractivity contribution in [1.82, 2.24) is 0 Å². The van der Waals surface area contributed by atoms with Gasteiger partial charge in [-0.1, -0.05) is 19.9 Å². The Morgan fingerprint density at radius 1 is 1.30 bits per heavy atom. The number of rotatable bonds is 4. The summed E-state index contributed by atoms with van der Waals surface area (Å²) < 4.78 is 0. The second-order valence-electron chi connectivity index (χ2n) is 6.83. The minimum absolute atomic E-state index is 0.0758. The fraction of sp³-hybridized carbons (Fsp3) is 0.667. The van der Waals surface area contributed by atoms with Crippen molar-refractivity contribution in [2.24, 2.45) is 22.7 Å². The third kappa shape index (κ3) is 2.05. The van der Waals surface area contributed by atoms with Crippen LogP contribution in [0.5, 0.6) is 0 Å². The molecule has 0 radical (unpaired) electrons. The van der Waals surface area contributed by atoms with Gasteiger partial charge in [-0.25, -0.2) is 4.79 Å². The van der Waals surface area contributed by atoms with Gasteiger partial charge in [0, 0.05) is 16.9 Å². The highest BCUT2D eigenvalue weighted by atomic mass is 16.4. The number of fused-ring (bicyclic) bond motifs is 1. The molecule has 0 bridgehead atoms. The second kappa shape index (κ2) is 4.43. The van der Waals surface area contributed by atoms with Crippen LogP contribution in [0.25, 0.3) is 0 Å². The number of hydrogen-bond donors (Lipinski definition) is 2. The first kappa shape index (κ1) is 14.8. The van der Waals surface area contributed by atoms with Crippen LogP contribution in [0.15, 0.2) is 11.6 Å². The third-order valence-corrected chi connectivity index (χ3v) is 4.86. The van der Waals surface area contributed by atoms with E-state index in [1.54, 1.807) is 6.08 Å². The van der Waals surface area contributed by atoms with Gasteiger partial charge in [0.1, 0.15) is 5.78 Å². The minimum atomic E-state index is -1.11. The first-order chi connectivity index (χ1) is 9.10. The molecule has 0 aromatic rings. The predicted molar refractivity (Wildman–Crippen MR) is 71.1 cm³/mol. The molecule has 5 heteroatoms. The average Bonchev–Trinajstić information content (AvgIpc) is 2.68. The topological polar surface area (TPSA) is 91.7 Å². The zero-order valence-electron chi connectivity index (χ0n) is 12.0. The molecule has 0 aromatic heterocycles. The maximum Gasteiger partial charge on any atom is 0.331 e. The fourth-order valence-corrected chi connectivity index (χ4v) is 4.29. The van der Waals surface area contributed by atoms with Gasteiger partial charge in [-0.2, -0.15) is 0 Å². The highest BCUT2D eigenvalue weighted by Gasteiger charge is 2.62. The van der Waals surface area contributed by atoms with Crippen LogP contribution in [0.1, 0.15) is 40.0 Å². The van der Waals surface area contributed by atoms with E-state index in [1.807, 2.05) is 13.8 Å². The largest absolute Gasteiger partial charge is 0.481 e. The Labute approximate surface area is 117 Å². The molecule has 5 nitrogen and oxygen atoms in total. The van der Waals surface area contributed by atoms with Crippen LogP contribution in [0.3, 0.4) is 0 Å². The number of carboxylic acids is 2. The highest BCUT2D eigenvalue weighted by Crippen LogP contribution is 2.63. The summed E-state index contributed by atoms with van der Waals surface area (Å²) in [6.07, 6.45) is 2.60. The summed E-state index contributed by atoms with van der Waals surface area (Å²) in [6, 6.07) is 0. The maximum atomic E-state index is 12.3. The second-order valence-corrected chi connectivity index (χ2v) is 6.83. The van der Waals surface area contributed by atoms with Crippen molar-refractivity contribution < 1.29 is 24.6 Å². The molecule has 0 aromatic carbocycles. The van der Waals surface area contributed by atoms with Gasteiger partial charge in [-0.15, -0.1) is 0 Å². The van der Waals surface area contributed by atoms with E-state index in [0.29, 0.717) is 6.42 Å². The molecule has 3 atom stereocenters. The predicted octanol–water partition coefficient (Wildman–Crippen LogP) is 2.11. The van der Waals surface area contributed by atoms with Crippen LogP contribution in [-0.2, 0) is 14.4 Å². The van der Waals surface area contributed by atoms with E-state index in [0.717, 1.165) is 6.42 Å². The van der Waals surface area contributed by atoms with Crippen molar-refractivity contribution in [3.05, 3.63) is 11.6 Å². The Kier molecular flexibility index (Phi) is 3.27. The molecule has 0 aliphatic heterocycles. The average molecular weight is 280 g/mol. The van der Waals surface area contributed by atoms with Crippen LogP contribution in [0.4, 0.5) is 0 Å². The van der Waals surface area contributed by atoms with Crippen molar-refractivity contribution >= 4 is 17.7 Å². The third-order valence-electron chi connectivity index (χ3n) is 4.86. The summed E-state index contributed by atoms with van der Waals surface area (Å²) in [6.45, 7) is 5.55. The van der Waals surface area contributed by atoms with E-state index >= 15 is 0 Å². The van der Waals surface area contributed by atoms with E-state index in [9.17, 15) is 19.5 Å². The van der Waals surface area contributed by atoms with E-state index in [4.69, 9.17) is 5.11 Å². The van der Waals surface area contributed by atoms with Crippen LogP contribution in [-0.4, -0.2) is 27.9 Å². The molecular formula is C15H20O5. The molecule has 2 N–H and O–H groups in total. The quantitative estimate of drug-likeness (QED) is 0.823. The maximum absolute atomic E-state index is 12.3. The van der Waals surface area contributed by atoms with Crippen LogP contribution in [0.2, 0.25) is 0 Å². The van der Waals surface area contributed by atoms with Gasteiger partial charge in [0.25, 0.3) is 0 Å². The normalized spacial score (nSPS) is 34.5. The zero-order valence-corrected chi connectivity index (χ0v) is 12.0. The molecule has 3 unspecified atom stereocenters. The lowest BCUT2D eigenvalue weighted by atomic mass is 9.66. The van der Waals surface area contributed by atoms with E-state index in [1.165, 1.54) is 6.92 Å². The Hall–Kier alpha value is -1.65. The van der Waals surface area contributed by atoms with Gasteiger partial charge >= 0.3 is 11.9 Å². The summed E-state index contributed by atoms with van der Waals surface area (Å²) in [7, 11) is 0. The molecule has 0 amide bonds. The van der Waals surface area contributed by atoms with Crippen molar-refractivity contribution in [1.29, 1.82) is 0 Å². The molecule has 1 saturated carbocycles. The van der Waals surface area contributed by atoms with Crippen molar-refractivity contribution in [3.8, 4) is 0 Å². The van der Waals surface area contributed by atoms with Gasteiger partial charge in [-0.3, -0.25) is 9.59 Å². The molecule has 110 valence electrons. The molecule has 2 aliphatic carbocycles. The van der Waals surface area contributed by atoms with E-state index < -0.39 is 23.3 Å². The number of hydrogen-bond acceptors (Lipinski definition) is 3. The summed E-state index contributed by atoms with van der Waals surface area (Å²) in [4.78, 5) is 34.8. The summed E-state index contributed by atoms with van der Waals surface area (Å²) in [5.74, 6) is -3.14. The fourth-order valence-electron chi connectivity index (χ4n) is 4.29. The van der Waals surface area contributed by atoms with Crippen molar-refractivity contribution in [3.63, 3.8) is 0 Å². The molecule has 20 heavy (non-hydrogen) atoms. The molecule has 2 aliphatic rings. The van der Waals surface area contributed by atoms with Crippen molar-refractivity contribution in [2.75, 3.05) is 0 Å². The van der Waals surface area contributed by atoms with Crippen LogP contribution in [0, 0.1) is 22.7 Å². The Bertz CT molecular complexity index is 516. The lowest BCUT2D eigenvalue weighted by Gasteiger charge is -2.34. The summed E-state index contributed by atoms with van der Waals surface area (Å²) in [5.41, 5.74) is -0.827. The van der Waals surface area contributed by atoms with Gasteiger partial charge in [0.15, 0.2) is 0 Å². The molecular weight excluding hydrogens is 260 g/mol. The van der Waals surface area contributed by atoms with E-state index in [2.05, 4.69) is 0 Å². The SMILES string of the molecule is CC(=O)C12CC(C)(C)CC1C=C(C(=O)O)C2CC(=O)O. The standard InChI is InChI=1S/C15H20O5/c1-8(16)15-7-14(2,3)6-9(15)4-10(13(19)20)11(15)5-12(17)18/h4,9,11H,5-7H2,1-3H3,(H,17,18)(H,19,20). The lowest BCUT2D eigenvalue weighted by Crippen LogP contribution is -2.39. The number of carboxylic acid groups (broad SMARTS) is 2. The minimum Gasteiger partial charge on any atom is -0.481 e. The number of Topliss-reactive ketones (excluding diaryl/α,β-unsaturated/α-hetero) is 1. The summed E-state index contributed by atoms with van der Waals surface area (Å²) in [5, 5.41) is 18.4. The Balaban J connectivity index is 2.52. The number of carbonyl (C=O) groups is 3. The monoisotopic (exact) mass is 280 g/mol. The highest BCUT2D eigenvalue weighted by molar-refractivity contribution is 5.94. The molecule has 0 heterocycles. The number of ketones is 1. The lowest BCUT2D eigenvalue weighted by molar-refractivity contribution is -0.141. The first-order valence-electron chi connectivity index (χ1n) is 6.78. The molecule has 0 saturated heterocycles. The van der Waals surface area contributed by atoms with Crippen molar-refractivity contribution in [2.45, 2.75) is 40.0 Å². The molecule has 0 spiro atoms. The molecule has 1 fully saturated rings. The van der Waals surface area contributed by atoms with Crippen LogP contribution < -0.4 is 0 Å². The van der Waals surface area contributed by atoms with Crippen LogP contribution >= 0.6 is 0 Å². The zero-order chi connectivity index (χ0) is 15.3.